The lowest BCUT2D eigenvalue weighted by Crippen LogP contribution is -2.38. The number of aromatic hydroxyl groups is 1. The zero-order valence-corrected chi connectivity index (χ0v) is 13.8. The SMILES string of the molecule is CN=C(NCc1ccc(O)cc1)N(C)Cc1ccc2c(c1)OCO2. The van der Waals surface area contributed by atoms with Crippen molar-refractivity contribution in [3.63, 3.8) is 0 Å². The third-order valence-corrected chi connectivity index (χ3v) is 3.82. The Morgan fingerprint density at radius 2 is 1.83 bits per heavy atom. The second kappa shape index (κ2) is 7.12. The number of aliphatic imine (C=N–C) groups is 1. The fourth-order valence-corrected chi connectivity index (χ4v) is 2.57. The van der Waals surface area contributed by atoms with Gasteiger partial charge in [-0.05, 0) is 35.4 Å². The van der Waals surface area contributed by atoms with Crippen molar-refractivity contribution in [1.82, 2.24) is 10.2 Å². The molecule has 1 aliphatic rings. The summed E-state index contributed by atoms with van der Waals surface area (Å²) < 4.78 is 10.7. The molecule has 2 aromatic carbocycles. The molecule has 0 radical (unpaired) electrons. The number of ether oxygens (including phenoxy) is 2. The first-order chi connectivity index (χ1) is 11.7. The van der Waals surface area contributed by atoms with Gasteiger partial charge in [0.1, 0.15) is 5.75 Å². The smallest absolute Gasteiger partial charge is 0.231 e. The molecule has 0 spiro atoms. The molecule has 0 aromatic heterocycles. The Bertz CT molecular complexity index is 729. The van der Waals surface area contributed by atoms with Crippen LogP contribution in [-0.2, 0) is 13.1 Å². The molecule has 0 fully saturated rings. The Morgan fingerprint density at radius 1 is 1.12 bits per heavy atom. The summed E-state index contributed by atoms with van der Waals surface area (Å²) in [6.45, 7) is 1.62. The van der Waals surface area contributed by atoms with Crippen LogP contribution in [0.15, 0.2) is 47.5 Å². The standard InChI is InChI=1S/C18H21N3O3/c1-19-18(20-10-13-3-6-15(22)7-4-13)21(2)11-14-5-8-16-17(9-14)24-12-23-16/h3-9,22H,10-12H2,1-2H3,(H,19,20). The summed E-state index contributed by atoms with van der Waals surface area (Å²) in [4.78, 5) is 6.36. The number of phenols is 1. The molecule has 0 unspecified atom stereocenters. The monoisotopic (exact) mass is 327 g/mol. The number of fused-ring (bicyclic) bond motifs is 1. The summed E-state index contributed by atoms with van der Waals surface area (Å²) >= 11 is 0. The number of rotatable bonds is 4. The van der Waals surface area contributed by atoms with E-state index in [4.69, 9.17) is 9.47 Å². The molecule has 126 valence electrons. The third-order valence-electron chi connectivity index (χ3n) is 3.82. The van der Waals surface area contributed by atoms with Crippen molar-refractivity contribution in [2.45, 2.75) is 13.1 Å². The Kier molecular flexibility index (Phi) is 4.74. The van der Waals surface area contributed by atoms with E-state index in [0.29, 0.717) is 13.1 Å². The maximum atomic E-state index is 9.33. The molecule has 6 heteroatoms. The van der Waals surface area contributed by atoms with Crippen molar-refractivity contribution < 1.29 is 14.6 Å². The highest BCUT2D eigenvalue weighted by Gasteiger charge is 2.14. The summed E-state index contributed by atoms with van der Waals surface area (Å²) in [7, 11) is 3.74. The zero-order valence-electron chi connectivity index (χ0n) is 13.8. The van der Waals surface area contributed by atoms with E-state index in [9.17, 15) is 5.11 Å². The minimum Gasteiger partial charge on any atom is -0.508 e. The van der Waals surface area contributed by atoms with Crippen LogP contribution < -0.4 is 14.8 Å². The average Bonchev–Trinajstić information content (AvgIpc) is 3.05. The molecule has 6 nitrogen and oxygen atoms in total. The number of nitrogens with zero attached hydrogens (tertiary/aromatic N) is 2. The minimum atomic E-state index is 0.267. The van der Waals surface area contributed by atoms with Crippen molar-refractivity contribution >= 4 is 5.96 Å². The summed E-state index contributed by atoms with van der Waals surface area (Å²) in [5, 5.41) is 12.6. The van der Waals surface area contributed by atoms with Gasteiger partial charge in [-0.15, -0.1) is 0 Å². The Hall–Kier alpha value is -2.89. The second-order valence-electron chi connectivity index (χ2n) is 5.61. The van der Waals surface area contributed by atoms with E-state index in [1.54, 1.807) is 19.2 Å². The average molecular weight is 327 g/mol. The summed E-state index contributed by atoms with van der Waals surface area (Å²) in [6, 6.07) is 13.1. The largest absolute Gasteiger partial charge is 0.508 e. The van der Waals surface area contributed by atoms with Gasteiger partial charge < -0.3 is 24.8 Å². The number of nitrogens with one attached hydrogen (secondary N) is 1. The van der Waals surface area contributed by atoms with Gasteiger partial charge in [0.2, 0.25) is 6.79 Å². The van der Waals surface area contributed by atoms with Crippen LogP contribution in [0.4, 0.5) is 0 Å². The van der Waals surface area contributed by atoms with Crippen molar-refractivity contribution in [3.05, 3.63) is 53.6 Å². The van der Waals surface area contributed by atoms with E-state index in [1.807, 2.05) is 42.3 Å². The van der Waals surface area contributed by atoms with Gasteiger partial charge >= 0.3 is 0 Å². The van der Waals surface area contributed by atoms with Gasteiger partial charge in [0.05, 0.1) is 0 Å². The molecule has 0 saturated heterocycles. The van der Waals surface area contributed by atoms with Gasteiger partial charge in [-0.2, -0.15) is 0 Å². The molecule has 3 rings (SSSR count). The van der Waals surface area contributed by atoms with Crippen molar-refractivity contribution in [2.75, 3.05) is 20.9 Å². The zero-order chi connectivity index (χ0) is 16.9. The number of hydrogen-bond donors (Lipinski definition) is 2. The molecule has 0 aliphatic carbocycles. The van der Waals surface area contributed by atoms with Gasteiger partial charge in [0.25, 0.3) is 0 Å². The Labute approximate surface area is 141 Å². The second-order valence-corrected chi connectivity index (χ2v) is 5.61. The molecule has 2 aromatic rings. The lowest BCUT2D eigenvalue weighted by atomic mass is 10.2. The van der Waals surface area contributed by atoms with Crippen LogP contribution in [0.5, 0.6) is 17.2 Å². The molecule has 0 atom stereocenters. The molecule has 0 amide bonds. The number of benzene rings is 2. The van der Waals surface area contributed by atoms with Crippen LogP contribution in [0.2, 0.25) is 0 Å². The van der Waals surface area contributed by atoms with E-state index in [0.717, 1.165) is 28.6 Å². The molecule has 2 N–H and O–H groups in total. The quantitative estimate of drug-likeness (QED) is 0.666. The van der Waals surface area contributed by atoms with E-state index >= 15 is 0 Å². The van der Waals surface area contributed by atoms with Crippen LogP contribution in [-0.4, -0.2) is 36.9 Å². The number of guanidine groups is 1. The van der Waals surface area contributed by atoms with Gasteiger partial charge in [0.15, 0.2) is 17.5 Å². The first-order valence-electron chi connectivity index (χ1n) is 7.74. The van der Waals surface area contributed by atoms with Gasteiger partial charge in [-0.3, -0.25) is 4.99 Å². The fourth-order valence-electron chi connectivity index (χ4n) is 2.57. The van der Waals surface area contributed by atoms with Crippen LogP contribution in [0.3, 0.4) is 0 Å². The normalized spacial score (nSPS) is 13.0. The maximum absolute atomic E-state index is 9.33. The molecular weight excluding hydrogens is 306 g/mol. The van der Waals surface area contributed by atoms with E-state index in [2.05, 4.69) is 10.3 Å². The van der Waals surface area contributed by atoms with Gasteiger partial charge in [-0.25, -0.2) is 0 Å². The lowest BCUT2D eigenvalue weighted by molar-refractivity contribution is 0.174. The van der Waals surface area contributed by atoms with Gasteiger partial charge in [-0.1, -0.05) is 18.2 Å². The molecular formula is C18H21N3O3. The highest BCUT2D eigenvalue weighted by molar-refractivity contribution is 5.79. The van der Waals surface area contributed by atoms with Crippen LogP contribution in [0.1, 0.15) is 11.1 Å². The van der Waals surface area contributed by atoms with Crippen molar-refractivity contribution in [1.29, 1.82) is 0 Å². The Morgan fingerprint density at radius 3 is 2.58 bits per heavy atom. The van der Waals surface area contributed by atoms with Crippen LogP contribution >= 0.6 is 0 Å². The van der Waals surface area contributed by atoms with E-state index in [-0.39, 0.29) is 12.5 Å². The van der Waals surface area contributed by atoms with Crippen LogP contribution in [0.25, 0.3) is 0 Å². The first-order valence-corrected chi connectivity index (χ1v) is 7.74. The third kappa shape index (κ3) is 3.71. The van der Waals surface area contributed by atoms with Crippen molar-refractivity contribution in [3.8, 4) is 17.2 Å². The lowest BCUT2D eigenvalue weighted by Gasteiger charge is -2.22. The van der Waals surface area contributed by atoms with Gasteiger partial charge in [0, 0.05) is 27.2 Å². The first kappa shape index (κ1) is 16.0. The van der Waals surface area contributed by atoms with E-state index < -0.39 is 0 Å². The summed E-state index contributed by atoms with van der Waals surface area (Å²) in [5.74, 6) is 2.63. The van der Waals surface area contributed by atoms with Crippen molar-refractivity contribution in [2.24, 2.45) is 4.99 Å². The minimum absolute atomic E-state index is 0.267. The summed E-state index contributed by atoms with van der Waals surface area (Å²) in [6.07, 6.45) is 0. The fraction of sp³-hybridized carbons (Fsp3) is 0.278. The number of hydrogen-bond acceptors (Lipinski definition) is 4. The number of phenolic OH excluding ortho intramolecular Hbond substituents is 1. The molecule has 1 aliphatic heterocycles. The molecule has 1 heterocycles. The highest BCUT2D eigenvalue weighted by atomic mass is 16.7. The predicted octanol–water partition coefficient (Wildman–Crippen LogP) is 2.33. The molecule has 0 bridgehead atoms. The highest BCUT2D eigenvalue weighted by Crippen LogP contribution is 2.32. The van der Waals surface area contributed by atoms with Crippen LogP contribution in [0, 0.1) is 0 Å². The topological polar surface area (TPSA) is 66.3 Å². The summed E-state index contributed by atoms with van der Waals surface area (Å²) in [5.41, 5.74) is 2.19. The molecule has 24 heavy (non-hydrogen) atoms. The predicted molar refractivity (Wildman–Crippen MR) is 92.3 cm³/mol. The Balaban J connectivity index is 1.59. The maximum Gasteiger partial charge on any atom is 0.231 e. The van der Waals surface area contributed by atoms with E-state index in [1.165, 1.54) is 0 Å². The molecule has 0 saturated carbocycles.